The Morgan fingerprint density at radius 3 is 2.27 bits per heavy atom. The third-order valence-electron chi connectivity index (χ3n) is 2.54. The third-order valence-corrected chi connectivity index (χ3v) is 2.54. The minimum absolute atomic E-state index is 0.146. The molecule has 0 aromatic heterocycles. The van der Waals surface area contributed by atoms with E-state index in [2.05, 4.69) is 0 Å². The van der Waals surface area contributed by atoms with E-state index >= 15 is 0 Å². The Labute approximate surface area is 91.6 Å². The number of amides is 1. The second-order valence-electron chi connectivity index (χ2n) is 4.13. The fourth-order valence-corrected chi connectivity index (χ4v) is 1.02. The van der Waals surface area contributed by atoms with Crippen LogP contribution in [0, 0.1) is 0 Å². The third kappa shape index (κ3) is 3.90. The van der Waals surface area contributed by atoms with Crippen LogP contribution < -0.4 is 0 Å². The second-order valence-corrected chi connectivity index (χ2v) is 4.13. The highest BCUT2D eigenvalue weighted by Gasteiger charge is 2.35. The van der Waals surface area contributed by atoms with E-state index in [1.165, 1.54) is 11.8 Å². The summed E-state index contributed by atoms with van der Waals surface area (Å²) in [6.07, 6.45) is 1.84. The summed E-state index contributed by atoms with van der Waals surface area (Å²) in [5.41, 5.74) is -0.889. The average Bonchev–Trinajstić information content (AvgIpc) is 2.16. The molecule has 0 aliphatic carbocycles. The van der Waals surface area contributed by atoms with Gasteiger partial charge in [0, 0.05) is 14.0 Å². The van der Waals surface area contributed by atoms with Crippen LogP contribution in [0.4, 0.5) is 0 Å². The summed E-state index contributed by atoms with van der Waals surface area (Å²) in [6, 6.07) is 0. The van der Waals surface area contributed by atoms with Crippen molar-refractivity contribution in [1.82, 2.24) is 4.90 Å². The highest BCUT2D eigenvalue weighted by atomic mass is 16.5. The molecule has 15 heavy (non-hydrogen) atoms. The Balaban J connectivity index is 4.31. The summed E-state index contributed by atoms with van der Waals surface area (Å²) >= 11 is 0. The molecule has 0 unspecified atom stereocenters. The van der Waals surface area contributed by atoms with Crippen molar-refractivity contribution in [3.05, 3.63) is 0 Å². The number of rotatable bonds is 5. The lowest BCUT2D eigenvalue weighted by Crippen LogP contribution is -2.50. The number of esters is 1. The lowest BCUT2D eigenvalue weighted by atomic mass is 10.0. The summed E-state index contributed by atoms with van der Waals surface area (Å²) in [6.45, 7) is 7.25. The van der Waals surface area contributed by atoms with Crippen LogP contribution in [0.2, 0.25) is 0 Å². The average molecular weight is 215 g/mol. The lowest BCUT2D eigenvalue weighted by molar-refractivity contribution is -0.160. The first-order valence-electron chi connectivity index (χ1n) is 5.25. The number of likely N-dealkylation sites (N-methyl/N-ethyl adjacent to an activating group) is 1. The van der Waals surface area contributed by atoms with Crippen LogP contribution in [-0.2, 0) is 14.3 Å². The van der Waals surface area contributed by atoms with Gasteiger partial charge < -0.3 is 9.64 Å². The van der Waals surface area contributed by atoms with Gasteiger partial charge >= 0.3 is 5.97 Å². The topological polar surface area (TPSA) is 46.6 Å². The van der Waals surface area contributed by atoms with Crippen molar-refractivity contribution in [2.45, 2.75) is 46.1 Å². The summed E-state index contributed by atoms with van der Waals surface area (Å²) in [4.78, 5) is 24.2. The molecule has 0 spiro atoms. The molecular weight excluding hydrogens is 194 g/mol. The molecule has 0 bridgehead atoms. The quantitative estimate of drug-likeness (QED) is 0.517. The Morgan fingerprint density at radius 2 is 1.87 bits per heavy atom. The van der Waals surface area contributed by atoms with Gasteiger partial charge in [0.1, 0.15) is 5.54 Å². The molecule has 0 aromatic rings. The summed E-state index contributed by atoms with van der Waals surface area (Å²) in [7, 11) is 1.60. The number of carbonyl (C=O) groups excluding carboxylic acids is 2. The van der Waals surface area contributed by atoms with Crippen LogP contribution in [0.25, 0.3) is 0 Å². The van der Waals surface area contributed by atoms with Crippen LogP contribution in [-0.4, -0.2) is 36.0 Å². The summed E-state index contributed by atoms with van der Waals surface area (Å²) < 4.78 is 5.09. The fraction of sp³-hybridized carbons (Fsp3) is 0.818. The zero-order chi connectivity index (χ0) is 12.1. The van der Waals surface area contributed by atoms with E-state index in [1.54, 1.807) is 20.9 Å². The van der Waals surface area contributed by atoms with E-state index in [0.717, 1.165) is 12.8 Å². The smallest absolute Gasteiger partial charge is 0.331 e. The lowest BCUT2D eigenvalue weighted by Gasteiger charge is -2.32. The molecule has 0 radical (unpaired) electrons. The van der Waals surface area contributed by atoms with E-state index in [9.17, 15) is 9.59 Å². The van der Waals surface area contributed by atoms with Gasteiger partial charge in [0.25, 0.3) is 0 Å². The van der Waals surface area contributed by atoms with Crippen molar-refractivity contribution in [2.24, 2.45) is 0 Å². The van der Waals surface area contributed by atoms with E-state index in [4.69, 9.17) is 4.74 Å². The number of nitrogens with zero attached hydrogens (tertiary/aromatic N) is 1. The van der Waals surface area contributed by atoms with Crippen molar-refractivity contribution in [1.29, 1.82) is 0 Å². The Hall–Kier alpha value is -1.06. The molecule has 4 heteroatoms. The minimum atomic E-state index is -0.889. The van der Waals surface area contributed by atoms with Gasteiger partial charge in [-0.15, -0.1) is 0 Å². The first kappa shape index (κ1) is 13.9. The van der Waals surface area contributed by atoms with Crippen molar-refractivity contribution < 1.29 is 14.3 Å². The fourth-order valence-electron chi connectivity index (χ4n) is 1.02. The van der Waals surface area contributed by atoms with E-state index in [1.807, 2.05) is 6.92 Å². The molecule has 0 atom stereocenters. The molecule has 0 aliphatic rings. The van der Waals surface area contributed by atoms with Crippen molar-refractivity contribution >= 4 is 11.9 Å². The van der Waals surface area contributed by atoms with Crippen LogP contribution in [0.5, 0.6) is 0 Å². The van der Waals surface area contributed by atoms with Crippen LogP contribution in [0.1, 0.15) is 40.5 Å². The molecule has 0 heterocycles. The second kappa shape index (κ2) is 5.73. The molecule has 0 N–H and O–H groups in total. The minimum Gasteiger partial charge on any atom is -0.464 e. The monoisotopic (exact) mass is 215 g/mol. The van der Waals surface area contributed by atoms with Gasteiger partial charge in [-0.05, 0) is 20.3 Å². The van der Waals surface area contributed by atoms with Gasteiger partial charge in [0.15, 0.2) is 0 Å². The molecule has 88 valence electrons. The standard InChI is InChI=1S/C11H21NO3/c1-6-7-8-15-10(14)11(3,4)12(5)9(2)13/h6-8H2,1-5H3. The Morgan fingerprint density at radius 1 is 1.33 bits per heavy atom. The van der Waals surface area contributed by atoms with Crippen LogP contribution in [0.3, 0.4) is 0 Å². The highest BCUT2D eigenvalue weighted by molar-refractivity contribution is 5.86. The number of unbranched alkanes of at least 4 members (excludes halogenated alkanes) is 1. The molecule has 0 fully saturated rings. The molecule has 0 rings (SSSR count). The highest BCUT2D eigenvalue weighted by Crippen LogP contribution is 2.14. The number of hydrogen-bond donors (Lipinski definition) is 0. The maximum atomic E-state index is 11.7. The summed E-state index contributed by atoms with van der Waals surface area (Å²) in [5, 5.41) is 0. The zero-order valence-corrected chi connectivity index (χ0v) is 10.3. The predicted molar refractivity (Wildman–Crippen MR) is 58.4 cm³/mol. The number of ether oxygens (including phenoxy) is 1. The van der Waals surface area contributed by atoms with Gasteiger partial charge in [-0.1, -0.05) is 13.3 Å². The SMILES string of the molecule is CCCCOC(=O)C(C)(C)N(C)C(C)=O. The maximum absolute atomic E-state index is 11.7. The summed E-state index contributed by atoms with van der Waals surface area (Å²) in [5.74, 6) is -0.499. The normalized spacial score (nSPS) is 11.0. The molecule has 0 aromatic carbocycles. The predicted octanol–water partition coefficient (Wildman–Crippen LogP) is 1.59. The van der Waals surface area contributed by atoms with Crippen molar-refractivity contribution in [2.75, 3.05) is 13.7 Å². The molecule has 1 amide bonds. The van der Waals surface area contributed by atoms with E-state index in [-0.39, 0.29) is 11.9 Å². The van der Waals surface area contributed by atoms with E-state index in [0.29, 0.717) is 6.61 Å². The van der Waals surface area contributed by atoms with Gasteiger partial charge in [-0.3, -0.25) is 4.79 Å². The largest absolute Gasteiger partial charge is 0.464 e. The molecule has 0 saturated carbocycles. The number of carbonyl (C=O) groups is 2. The van der Waals surface area contributed by atoms with E-state index < -0.39 is 5.54 Å². The van der Waals surface area contributed by atoms with Gasteiger partial charge in [-0.25, -0.2) is 4.79 Å². The first-order valence-corrected chi connectivity index (χ1v) is 5.25. The Kier molecular flexibility index (Phi) is 5.33. The Bertz CT molecular complexity index is 236. The molecular formula is C11H21NO3. The molecule has 0 aliphatic heterocycles. The van der Waals surface area contributed by atoms with Crippen molar-refractivity contribution in [3.63, 3.8) is 0 Å². The van der Waals surface area contributed by atoms with Crippen LogP contribution in [0.15, 0.2) is 0 Å². The first-order chi connectivity index (χ1) is 6.84. The maximum Gasteiger partial charge on any atom is 0.331 e. The number of hydrogen-bond acceptors (Lipinski definition) is 3. The van der Waals surface area contributed by atoms with Gasteiger partial charge in [0.05, 0.1) is 6.61 Å². The zero-order valence-electron chi connectivity index (χ0n) is 10.3. The van der Waals surface area contributed by atoms with Gasteiger partial charge in [0.2, 0.25) is 5.91 Å². The van der Waals surface area contributed by atoms with Crippen LogP contribution >= 0.6 is 0 Å². The van der Waals surface area contributed by atoms with Crippen molar-refractivity contribution in [3.8, 4) is 0 Å². The molecule has 4 nitrogen and oxygen atoms in total. The molecule has 0 saturated heterocycles. The van der Waals surface area contributed by atoms with Gasteiger partial charge in [-0.2, -0.15) is 0 Å².